The largest absolute Gasteiger partial charge is 0.416 e. The van der Waals surface area contributed by atoms with Gasteiger partial charge in [0.25, 0.3) is 0 Å². The molecule has 0 amide bonds. The highest BCUT2D eigenvalue weighted by Crippen LogP contribution is 2.36. The summed E-state index contributed by atoms with van der Waals surface area (Å²) >= 11 is 12.3. The van der Waals surface area contributed by atoms with E-state index in [1.54, 1.807) is 30.3 Å². The van der Waals surface area contributed by atoms with Gasteiger partial charge in [0, 0.05) is 27.4 Å². The van der Waals surface area contributed by atoms with Crippen molar-refractivity contribution in [2.75, 3.05) is 0 Å². The first-order valence-corrected chi connectivity index (χ1v) is 10.9. The number of hydrogen-bond acceptors (Lipinski definition) is 5. The van der Waals surface area contributed by atoms with E-state index in [1.807, 2.05) is 18.2 Å². The van der Waals surface area contributed by atoms with Gasteiger partial charge < -0.3 is 0 Å². The summed E-state index contributed by atoms with van der Waals surface area (Å²) in [7, 11) is 0. The monoisotopic (exact) mass is 512 g/mol. The standard InChI is InChI=1S/C24H13Cl2F3N6/c25-17-10-15(11-18(26)12-17)22-30-13-20(23-32-33-34-35(23)19-7-2-1-3-8-19)21(31-22)14-5-4-6-16(9-14)24(27,28)29/h1-13H. The van der Waals surface area contributed by atoms with Crippen molar-refractivity contribution >= 4 is 23.2 Å². The van der Waals surface area contributed by atoms with Crippen LogP contribution < -0.4 is 0 Å². The third kappa shape index (κ3) is 4.73. The molecular weight excluding hydrogens is 500 g/mol. The highest BCUT2D eigenvalue weighted by atomic mass is 35.5. The third-order valence-electron chi connectivity index (χ3n) is 5.08. The van der Waals surface area contributed by atoms with Gasteiger partial charge in [0.2, 0.25) is 0 Å². The molecule has 0 saturated heterocycles. The molecule has 2 aromatic heterocycles. The Kier molecular flexibility index (Phi) is 5.96. The number of nitrogens with zero attached hydrogens (tertiary/aromatic N) is 6. The summed E-state index contributed by atoms with van der Waals surface area (Å²) < 4.78 is 41.9. The Morgan fingerprint density at radius 3 is 2.26 bits per heavy atom. The summed E-state index contributed by atoms with van der Waals surface area (Å²) in [4.78, 5) is 9.02. The Bertz CT molecular complexity index is 1500. The minimum Gasteiger partial charge on any atom is -0.236 e. The van der Waals surface area contributed by atoms with E-state index in [-0.39, 0.29) is 22.9 Å². The number of benzene rings is 3. The predicted octanol–water partition coefficient (Wildman–Crippen LogP) is 6.78. The van der Waals surface area contributed by atoms with Crippen molar-refractivity contribution in [2.45, 2.75) is 6.18 Å². The van der Waals surface area contributed by atoms with E-state index < -0.39 is 11.7 Å². The van der Waals surface area contributed by atoms with Crippen LogP contribution in [0.15, 0.2) is 79.0 Å². The Balaban J connectivity index is 1.74. The zero-order valence-electron chi connectivity index (χ0n) is 17.6. The maximum absolute atomic E-state index is 13.5. The molecule has 0 aliphatic carbocycles. The Morgan fingerprint density at radius 2 is 1.54 bits per heavy atom. The summed E-state index contributed by atoms with van der Waals surface area (Å²) in [5, 5.41) is 12.7. The predicted molar refractivity (Wildman–Crippen MR) is 126 cm³/mol. The van der Waals surface area contributed by atoms with E-state index in [1.165, 1.54) is 23.0 Å². The highest BCUT2D eigenvalue weighted by Gasteiger charge is 2.31. The van der Waals surface area contributed by atoms with Gasteiger partial charge in [0.15, 0.2) is 11.6 Å². The molecule has 0 aliphatic heterocycles. The topological polar surface area (TPSA) is 69.4 Å². The van der Waals surface area contributed by atoms with E-state index in [9.17, 15) is 13.2 Å². The van der Waals surface area contributed by atoms with Crippen LogP contribution in [0.3, 0.4) is 0 Å². The number of hydrogen-bond donors (Lipinski definition) is 0. The van der Waals surface area contributed by atoms with E-state index in [0.29, 0.717) is 26.9 Å². The molecule has 0 N–H and O–H groups in total. The van der Waals surface area contributed by atoms with E-state index in [0.717, 1.165) is 12.1 Å². The molecule has 35 heavy (non-hydrogen) atoms. The fraction of sp³-hybridized carbons (Fsp3) is 0.0417. The van der Waals surface area contributed by atoms with E-state index in [4.69, 9.17) is 23.2 Å². The van der Waals surface area contributed by atoms with Gasteiger partial charge in [0.1, 0.15) is 0 Å². The van der Waals surface area contributed by atoms with Crippen LogP contribution in [0.2, 0.25) is 10.0 Å². The zero-order chi connectivity index (χ0) is 24.6. The number of alkyl halides is 3. The molecule has 0 spiro atoms. The van der Waals surface area contributed by atoms with E-state index in [2.05, 4.69) is 25.5 Å². The smallest absolute Gasteiger partial charge is 0.236 e. The number of rotatable bonds is 4. The van der Waals surface area contributed by atoms with Crippen molar-refractivity contribution in [3.05, 3.63) is 94.6 Å². The summed E-state index contributed by atoms with van der Waals surface area (Å²) in [6, 6.07) is 18.7. The van der Waals surface area contributed by atoms with Gasteiger partial charge in [-0.2, -0.15) is 17.9 Å². The molecule has 0 fully saturated rings. The Hall–Kier alpha value is -3.82. The summed E-state index contributed by atoms with van der Waals surface area (Å²) in [6.07, 6.45) is -3.06. The summed E-state index contributed by atoms with van der Waals surface area (Å²) in [5.74, 6) is 0.489. The normalized spacial score (nSPS) is 11.6. The second-order valence-electron chi connectivity index (χ2n) is 7.44. The van der Waals surface area contributed by atoms with Gasteiger partial charge in [-0.05, 0) is 52.9 Å². The number of aromatic nitrogens is 6. The maximum atomic E-state index is 13.5. The molecule has 5 rings (SSSR count). The second-order valence-corrected chi connectivity index (χ2v) is 8.32. The van der Waals surface area contributed by atoms with Crippen LogP contribution in [0.1, 0.15) is 5.56 Å². The third-order valence-corrected chi connectivity index (χ3v) is 5.52. The first kappa shape index (κ1) is 22.9. The minimum absolute atomic E-state index is 0.212. The van der Waals surface area contributed by atoms with Crippen LogP contribution >= 0.6 is 23.2 Å². The van der Waals surface area contributed by atoms with Crippen LogP contribution in [0, 0.1) is 0 Å². The maximum Gasteiger partial charge on any atom is 0.416 e. The second kappa shape index (κ2) is 9.09. The van der Waals surface area contributed by atoms with Gasteiger partial charge in [-0.1, -0.05) is 53.5 Å². The van der Waals surface area contributed by atoms with Gasteiger partial charge in [-0.15, -0.1) is 5.10 Å². The van der Waals surface area contributed by atoms with Crippen LogP contribution in [0.4, 0.5) is 13.2 Å². The van der Waals surface area contributed by atoms with Crippen molar-refractivity contribution in [3.63, 3.8) is 0 Å². The molecule has 6 nitrogen and oxygen atoms in total. The quantitative estimate of drug-likeness (QED) is 0.265. The fourth-order valence-corrected chi connectivity index (χ4v) is 4.05. The van der Waals surface area contributed by atoms with Crippen molar-refractivity contribution in [1.82, 2.24) is 30.2 Å². The lowest BCUT2D eigenvalue weighted by atomic mass is 10.0. The summed E-state index contributed by atoms with van der Waals surface area (Å²) in [5.41, 5.74) is 1.13. The number of tetrazole rings is 1. The van der Waals surface area contributed by atoms with Crippen LogP contribution in [-0.4, -0.2) is 30.2 Å². The molecule has 174 valence electrons. The lowest BCUT2D eigenvalue weighted by Crippen LogP contribution is -2.06. The van der Waals surface area contributed by atoms with Crippen molar-refractivity contribution < 1.29 is 13.2 Å². The van der Waals surface area contributed by atoms with Gasteiger partial charge >= 0.3 is 6.18 Å². The molecule has 5 aromatic rings. The number of halogens is 5. The van der Waals surface area contributed by atoms with Crippen molar-refractivity contribution in [2.24, 2.45) is 0 Å². The average Bonchev–Trinajstić information content (AvgIpc) is 3.33. The molecule has 0 unspecified atom stereocenters. The van der Waals surface area contributed by atoms with Gasteiger partial charge in [-0.25, -0.2) is 9.97 Å². The molecule has 0 radical (unpaired) electrons. The van der Waals surface area contributed by atoms with Crippen LogP contribution in [0.5, 0.6) is 0 Å². The molecular formula is C24H13Cl2F3N6. The Labute approximate surface area is 207 Å². The number of para-hydroxylation sites is 1. The molecule has 0 saturated carbocycles. The minimum atomic E-state index is -4.53. The van der Waals surface area contributed by atoms with Crippen molar-refractivity contribution in [1.29, 1.82) is 0 Å². The Morgan fingerprint density at radius 1 is 0.800 bits per heavy atom. The first-order valence-electron chi connectivity index (χ1n) is 10.1. The molecule has 0 aliphatic rings. The van der Waals surface area contributed by atoms with Crippen LogP contribution in [0.25, 0.3) is 39.7 Å². The first-order chi connectivity index (χ1) is 16.8. The molecule has 3 aromatic carbocycles. The lowest BCUT2D eigenvalue weighted by molar-refractivity contribution is -0.137. The molecule has 11 heteroatoms. The summed E-state index contributed by atoms with van der Waals surface area (Å²) in [6.45, 7) is 0. The molecule has 0 bridgehead atoms. The fourth-order valence-electron chi connectivity index (χ4n) is 3.53. The van der Waals surface area contributed by atoms with Crippen molar-refractivity contribution in [3.8, 4) is 39.7 Å². The lowest BCUT2D eigenvalue weighted by Gasteiger charge is -2.13. The van der Waals surface area contributed by atoms with E-state index >= 15 is 0 Å². The van der Waals surface area contributed by atoms with Gasteiger partial charge in [0.05, 0.1) is 22.5 Å². The highest BCUT2D eigenvalue weighted by molar-refractivity contribution is 6.35. The molecule has 0 atom stereocenters. The zero-order valence-corrected chi connectivity index (χ0v) is 19.1. The SMILES string of the molecule is FC(F)(F)c1cccc(-c2nc(-c3cc(Cl)cc(Cl)c3)ncc2-c2nnnn2-c2ccccc2)c1. The van der Waals surface area contributed by atoms with Gasteiger partial charge in [-0.3, -0.25) is 0 Å². The molecule has 2 heterocycles. The van der Waals surface area contributed by atoms with Crippen LogP contribution in [-0.2, 0) is 6.18 Å². The average molecular weight is 513 g/mol.